The second-order valence-electron chi connectivity index (χ2n) is 11.4. The smallest absolute Gasteiger partial charge is 0.409 e. The van der Waals surface area contributed by atoms with Crippen molar-refractivity contribution in [2.75, 3.05) is 20.1 Å². The predicted molar refractivity (Wildman–Crippen MR) is 147 cm³/mol. The quantitative estimate of drug-likeness (QED) is 0.466. The Morgan fingerprint density at radius 3 is 2.43 bits per heavy atom. The lowest BCUT2D eigenvalue weighted by Gasteiger charge is -2.42. The highest BCUT2D eigenvalue weighted by Crippen LogP contribution is 2.43. The third kappa shape index (κ3) is 5.46. The third-order valence-corrected chi connectivity index (χ3v) is 8.57. The molecule has 2 amide bonds. The van der Waals surface area contributed by atoms with Gasteiger partial charge in [-0.05, 0) is 78.2 Å². The molecule has 0 saturated heterocycles. The second kappa shape index (κ2) is 11.1. The first kappa shape index (κ1) is 25.6. The Kier molecular flexibility index (Phi) is 7.68. The maximum absolute atomic E-state index is 13.8. The zero-order chi connectivity index (χ0) is 25.9. The van der Waals surface area contributed by atoms with E-state index < -0.39 is 0 Å². The SMILES string of the molecule is CC(C)C1C2=C(CCN1C(=O)C1CCC(CN(C)C(=O)OCc3ccccc3)CC1)c1ccccc1C2. The normalized spacial score (nSPS) is 23.0. The minimum absolute atomic E-state index is 0.0961. The molecular weight excluding hydrogens is 460 g/mol. The van der Waals surface area contributed by atoms with Gasteiger partial charge < -0.3 is 14.5 Å². The zero-order valence-electron chi connectivity index (χ0n) is 22.5. The molecule has 1 heterocycles. The van der Waals surface area contributed by atoms with Crippen LogP contribution in [-0.2, 0) is 22.6 Å². The van der Waals surface area contributed by atoms with Crippen LogP contribution in [0, 0.1) is 17.8 Å². The van der Waals surface area contributed by atoms with E-state index in [1.165, 1.54) is 22.3 Å². The van der Waals surface area contributed by atoms with E-state index in [4.69, 9.17) is 4.74 Å². The van der Waals surface area contributed by atoms with Crippen molar-refractivity contribution in [2.24, 2.45) is 17.8 Å². The number of hydrogen-bond donors (Lipinski definition) is 0. The second-order valence-corrected chi connectivity index (χ2v) is 11.4. The fourth-order valence-electron chi connectivity index (χ4n) is 6.72. The lowest BCUT2D eigenvalue weighted by atomic mass is 9.79. The summed E-state index contributed by atoms with van der Waals surface area (Å²) < 4.78 is 5.48. The van der Waals surface area contributed by atoms with Crippen molar-refractivity contribution in [2.45, 2.75) is 65.0 Å². The van der Waals surface area contributed by atoms with E-state index in [1.54, 1.807) is 4.90 Å². The largest absolute Gasteiger partial charge is 0.445 e. The first-order chi connectivity index (χ1) is 17.9. The van der Waals surface area contributed by atoms with Crippen molar-refractivity contribution in [1.29, 1.82) is 0 Å². The minimum Gasteiger partial charge on any atom is -0.445 e. The Balaban J connectivity index is 1.14. The molecule has 2 aliphatic carbocycles. The van der Waals surface area contributed by atoms with Crippen LogP contribution in [-0.4, -0.2) is 48.0 Å². The van der Waals surface area contributed by atoms with Gasteiger partial charge in [-0.2, -0.15) is 0 Å². The highest BCUT2D eigenvalue weighted by Gasteiger charge is 2.40. The lowest BCUT2D eigenvalue weighted by molar-refractivity contribution is -0.139. The van der Waals surface area contributed by atoms with Crippen molar-refractivity contribution in [1.82, 2.24) is 9.80 Å². The van der Waals surface area contributed by atoms with Crippen LogP contribution < -0.4 is 0 Å². The van der Waals surface area contributed by atoms with E-state index in [1.807, 2.05) is 37.4 Å². The molecule has 1 unspecified atom stereocenters. The van der Waals surface area contributed by atoms with Crippen LogP contribution in [0.4, 0.5) is 4.79 Å². The lowest BCUT2D eigenvalue weighted by Crippen LogP contribution is -2.50. The Morgan fingerprint density at radius 1 is 1.00 bits per heavy atom. The molecule has 0 spiro atoms. The molecule has 37 heavy (non-hydrogen) atoms. The van der Waals surface area contributed by atoms with E-state index in [0.717, 1.165) is 50.6 Å². The molecule has 2 aromatic rings. The van der Waals surface area contributed by atoms with Crippen LogP contribution in [0.2, 0.25) is 0 Å². The topological polar surface area (TPSA) is 49.9 Å². The molecule has 1 atom stereocenters. The number of hydrogen-bond acceptors (Lipinski definition) is 3. The van der Waals surface area contributed by atoms with Gasteiger partial charge in [0, 0.05) is 26.1 Å². The van der Waals surface area contributed by atoms with E-state index in [-0.39, 0.29) is 18.1 Å². The number of amides is 2. The van der Waals surface area contributed by atoms with Crippen LogP contribution >= 0.6 is 0 Å². The molecule has 0 aromatic heterocycles. The Hall–Kier alpha value is -3.08. The summed E-state index contributed by atoms with van der Waals surface area (Å²) in [5.41, 5.74) is 6.77. The van der Waals surface area contributed by atoms with Gasteiger partial charge in [-0.1, -0.05) is 68.4 Å². The third-order valence-electron chi connectivity index (χ3n) is 8.57. The molecule has 1 aliphatic heterocycles. The Morgan fingerprint density at radius 2 is 1.70 bits per heavy atom. The van der Waals surface area contributed by atoms with E-state index >= 15 is 0 Å². The van der Waals surface area contributed by atoms with Crippen molar-refractivity contribution in [3.05, 3.63) is 76.9 Å². The summed E-state index contributed by atoms with van der Waals surface area (Å²) in [5.74, 6) is 1.25. The molecule has 0 radical (unpaired) electrons. The maximum atomic E-state index is 13.8. The maximum Gasteiger partial charge on any atom is 0.409 e. The molecule has 5 nitrogen and oxygen atoms in total. The van der Waals surface area contributed by atoms with Gasteiger partial charge in [-0.3, -0.25) is 4.79 Å². The van der Waals surface area contributed by atoms with E-state index in [9.17, 15) is 9.59 Å². The fourth-order valence-corrected chi connectivity index (χ4v) is 6.72. The molecule has 0 bridgehead atoms. The van der Waals surface area contributed by atoms with Crippen LogP contribution in [0.3, 0.4) is 0 Å². The van der Waals surface area contributed by atoms with Gasteiger partial charge in [0.2, 0.25) is 5.91 Å². The molecule has 0 N–H and O–H groups in total. The predicted octanol–water partition coefficient (Wildman–Crippen LogP) is 6.33. The summed E-state index contributed by atoms with van der Waals surface area (Å²) in [7, 11) is 1.82. The van der Waals surface area contributed by atoms with Crippen LogP contribution in [0.1, 0.15) is 62.6 Å². The number of fused-ring (bicyclic) bond motifs is 2. The molecule has 196 valence electrons. The number of benzene rings is 2. The van der Waals surface area contributed by atoms with Crippen molar-refractivity contribution in [3.63, 3.8) is 0 Å². The van der Waals surface area contributed by atoms with E-state index in [2.05, 4.69) is 43.0 Å². The molecule has 1 fully saturated rings. The van der Waals surface area contributed by atoms with Crippen LogP contribution in [0.15, 0.2) is 60.2 Å². The first-order valence-corrected chi connectivity index (χ1v) is 13.9. The summed E-state index contributed by atoms with van der Waals surface area (Å²) in [6.45, 7) is 6.31. The molecular formula is C32H40N2O3. The summed E-state index contributed by atoms with van der Waals surface area (Å²) >= 11 is 0. The Labute approximate surface area is 221 Å². The van der Waals surface area contributed by atoms with Gasteiger partial charge >= 0.3 is 6.09 Å². The summed E-state index contributed by atoms with van der Waals surface area (Å²) in [6.07, 6.45) is 5.44. The summed E-state index contributed by atoms with van der Waals surface area (Å²) in [4.78, 5) is 30.2. The van der Waals surface area contributed by atoms with Crippen LogP contribution in [0.25, 0.3) is 5.57 Å². The van der Waals surface area contributed by atoms with Gasteiger partial charge in [-0.25, -0.2) is 4.79 Å². The summed E-state index contributed by atoms with van der Waals surface area (Å²) in [6, 6.07) is 18.7. The average molecular weight is 501 g/mol. The molecule has 1 saturated carbocycles. The monoisotopic (exact) mass is 500 g/mol. The number of ether oxygens (including phenoxy) is 1. The highest BCUT2D eigenvalue weighted by molar-refractivity contribution is 5.84. The van der Waals surface area contributed by atoms with Gasteiger partial charge in [0.05, 0.1) is 6.04 Å². The standard InChI is InChI=1S/C32H40N2O3/c1-22(2)30-29-19-26-11-7-8-12-27(26)28(29)17-18-34(30)31(35)25-15-13-23(14-16-25)20-33(3)32(36)37-21-24-9-5-4-6-10-24/h4-12,22-23,25,30H,13-21H2,1-3H3. The minimum atomic E-state index is -0.281. The Bertz CT molecular complexity index is 1150. The molecule has 2 aromatic carbocycles. The molecule has 3 aliphatic rings. The molecule has 5 heteroatoms. The highest BCUT2D eigenvalue weighted by atomic mass is 16.6. The van der Waals surface area contributed by atoms with E-state index in [0.29, 0.717) is 30.9 Å². The van der Waals surface area contributed by atoms with Crippen molar-refractivity contribution < 1.29 is 14.3 Å². The summed E-state index contributed by atoms with van der Waals surface area (Å²) in [5, 5.41) is 0. The fraction of sp³-hybridized carbons (Fsp3) is 0.500. The molecule has 5 rings (SSSR count). The number of rotatable bonds is 6. The van der Waals surface area contributed by atoms with Gasteiger partial charge in [0.15, 0.2) is 0 Å². The first-order valence-electron chi connectivity index (χ1n) is 13.9. The average Bonchev–Trinajstić information content (AvgIpc) is 3.30. The number of carbonyl (C=O) groups is 2. The van der Waals surface area contributed by atoms with Crippen molar-refractivity contribution in [3.8, 4) is 0 Å². The number of carbonyl (C=O) groups excluding carboxylic acids is 2. The van der Waals surface area contributed by atoms with Gasteiger partial charge in [0.1, 0.15) is 6.61 Å². The van der Waals surface area contributed by atoms with Gasteiger partial charge in [0.25, 0.3) is 0 Å². The van der Waals surface area contributed by atoms with Crippen molar-refractivity contribution >= 4 is 17.6 Å². The van der Waals surface area contributed by atoms with Gasteiger partial charge in [-0.15, -0.1) is 0 Å². The number of nitrogens with zero attached hydrogens (tertiary/aromatic N) is 2. The van der Waals surface area contributed by atoms with Crippen LogP contribution in [0.5, 0.6) is 0 Å². The zero-order valence-corrected chi connectivity index (χ0v) is 22.5.